The Morgan fingerprint density at radius 3 is 2.19 bits per heavy atom. The minimum Gasteiger partial charge on any atom is -0.496 e. The number of nitrogens with zero attached hydrogens (tertiary/aromatic N) is 1. The van der Waals surface area contributed by atoms with Gasteiger partial charge >= 0.3 is 0 Å². The van der Waals surface area contributed by atoms with Crippen molar-refractivity contribution in [2.24, 2.45) is 7.05 Å². The lowest BCUT2D eigenvalue weighted by atomic mass is 10.1. The fourth-order valence-electron chi connectivity index (χ4n) is 2.24. The zero-order valence-corrected chi connectivity index (χ0v) is 13.0. The van der Waals surface area contributed by atoms with Crippen LogP contribution in [-0.4, -0.2) is 25.9 Å². The van der Waals surface area contributed by atoms with E-state index in [0.29, 0.717) is 18.0 Å². The van der Waals surface area contributed by atoms with Gasteiger partial charge in [-0.05, 0) is 18.2 Å². The second-order valence-electron chi connectivity index (χ2n) is 4.73. The average Bonchev–Trinajstić information content (AvgIpc) is 2.92. The van der Waals surface area contributed by atoms with Crippen molar-refractivity contribution in [2.45, 2.75) is 13.1 Å². The Labute approximate surface area is 125 Å². The molecule has 0 unspecified atom stereocenters. The molecule has 5 heteroatoms. The van der Waals surface area contributed by atoms with E-state index in [2.05, 4.69) is 16.0 Å². The summed E-state index contributed by atoms with van der Waals surface area (Å²) in [6, 6.07) is 7.92. The summed E-state index contributed by atoms with van der Waals surface area (Å²) >= 11 is 0. The quantitative estimate of drug-likeness (QED) is 0.850. The van der Waals surface area contributed by atoms with Crippen molar-refractivity contribution in [3.8, 4) is 17.2 Å². The molecule has 0 saturated carbocycles. The molecular formula is C16H22N2O3. The number of rotatable bonds is 7. The van der Waals surface area contributed by atoms with Crippen LogP contribution < -0.4 is 19.5 Å². The van der Waals surface area contributed by atoms with E-state index in [1.807, 2.05) is 31.4 Å². The van der Waals surface area contributed by atoms with Crippen molar-refractivity contribution >= 4 is 0 Å². The van der Waals surface area contributed by atoms with Gasteiger partial charge in [0.1, 0.15) is 5.75 Å². The summed E-state index contributed by atoms with van der Waals surface area (Å²) in [6.45, 7) is 1.48. The van der Waals surface area contributed by atoms with E-state index in [-0.39, 0.29) is 0 Å². The highest BCUT2D eigenvalue weighted by molar-refractivity contribution is 5.50. The maximum Gasteiger partial charge on any atom is 0.164 e. The van der Waals surface area contributed by atoms with Crippen LogP contribution in [0.3, 0.4) is 0 Å². The SMILES string of the molecule is COc1cc(OC)c(OC)cc1CNCc1cccn1C. The zero-order valence-electron chi connectivity index (χ0n) is 13.0. The van der Waals surface area contributed by atoms with Crippen molar-refractivity contribution in [2.75, 3.05) is 21.3 Å². The van der Waals surface area contributed by atoms with Crippen molar-refractivity contribution in [3.05, 3.63) is 41.7 Å². The Hall–Kier alpha value is -2.14. The van der Waals surface area contributed by atoms with Crippen molar-refractivity contribution in [1.29, 1.82) is 0 Å². The molecule has 0 fully saturated rings. The standard InChI is InChI=1S/C16H22N2O3/c1-18-7-5-6-13(18)11-17-10-12-8-15(20-3)16(21-4)9-14(12)19-2/h5-9,17H,10-11H2,1-4H3. The molecule has 0 amide bonds. The van der Waals surface area contributed by atoms with Gasteiger partial charge in [0.05, 0.1) is 21.3 Å². The topological polar surface area (TPSA) is 44.6 Å². The lowest BCUT2D eigenvalue weighted by Crippen LogP contribution is -2.15. The largest absolute Gasteiger partial charge is 0.496 e. The highest BCUT2D eigenvalue weighted by Crippen LogP contribution is 2.34. The highest BCUT2D eigenvalue weighted by atomic mass is 16.5. The predicted octanol–water partition coefficient (Wildman–Crippen LogP) is 2.34. The fourth-order valence-corrected chi connectivity index (χ4v) is 2.24. The number of hydrogen-bond acceptors (Lipinski definition) is 4. The van der Waals surface area contributed by atoms with Gasteiger partial charge in [-0.1, -0.05) is 0 Å². The number of nitrogens with one attached hydrogen (secondary N) is 1. The summed E-state index contributed by atoms with van der Waals surface area (Å²) in [5.74, 6) is 2.15. The van der Waals surface area contributed by atoms with Crippen LogP contribution in [0.5, 0.6) is 17.2 Å². The molecule has 0 aliphatic heterocycles. The van der Waals surface area contributed by atoms with E-state index in [1.165, 1.54) is 5.69 Å². The molecule has 2 aromatic rings. The van der Waals surface area contributed by atoms with Crippen molar-refractivity contribution in [1.82, 2.24) is 9.88 Å². The third-order valence-corrected chi connectivity index (χ3v) is 3.46. The lowest BCUT2D eigenvalue weighted by Gasteiger charge is -2.14. The summed E-state index contributed by atoms with van der Waals surface area (Å²) in [4.78, 5) is 0. The molecule has 114 valence electrons. The molecule has 0 bridgehead atoms. The van der Waals surface area contributed by atoms with Crippen molar-refractivity contribution < 1.29 is 14.2 Å². The number of benzene rings is 1. The molecular weight excluding hydrogens is 268 g/mol. The van der Waals surface area contributed by atoms with E-state index in [9.17, 15) is 0 Å². The molecule has 0 saturated heterocycles. The monoisotopic (exact) mass is 290 g/mol. The predicted molar refractivity (Wildman–Crippen MR) is 82.1 cm³/mol. The van der Waals surface area contributed by atoms with E-state index in [0.717, 1.165) is 17.9 Å². The Morgan fingerprint density at radius 2 is 1.62 bits per heavy atom. The average molecular weight is 290 g/mol. The number of aromatic nitrogens is 1. The first-order valence-electron chi connectivity index (χ1n) is 6.79. The lowest BCUT2D eigenvalue weighted by molar-refractivity contribution is 0.347. The fraction of sp³-hybridized carbons (Fsp3) is 0.375. The Morgan fingerprint density at radius 1 is 0.952 bits per heavy atom. The zero-order chi connectivity index (χ0) is 15.2. The van der Waals surface area contributed by atoms with Crippen molar-refractivity contribution in [3.63, 3.8) is 0 Å². The number of aryl methyl sites for hydroxylation is 1. The van der Waals surface area contributed by atoms with E-state index >= 15 is 0 Å². The summed E-state index contributed by atoms with van der Waals surface area (Å²) < 4.78 is 18.1. The normalized spacial score (nSPS) is 10.5. The molecule has 21 heavy (non-hydrogen) atoms. The van der Waals surface area contributed by atoms with Crippen LogP contribution in [0.25, 0.3) is 0 Å². The van der Waals surface area contributed by atoms with E-state index in [4.69, 9.17) is 14.2 Å². The van der Waals surface area contributed by atoms with Crippen LogP contribution in [-0.2, 0) is 20.1 Å². The van der Waals surface area contributed by atoms with Gasteiger partial charge in [-0.15, -0.1) is 0 Å². The van der Waals surface area contributed by atoms with Crippen LogP contribution in [0.2, 0.25) is 0 Å². The van der Waals surface area contributed by atoms with Gasteiger partial charge in [0, 0.05) is 43.7 Å². The smallest absolute Gasteiger partial charge is 0.164 e. The molecule has 1 heterocycles. The van der Waals surface area contributed by atoms with Gasteiger partial charge in [-0.3, -0.25) is 0 Å². The molecule has 5 nitrogen and oxygen atoms in total. The van der Waals surface area contributed by atoms with Gasteiger partial charge in [-0.2, -0.15) is 0 Å². The molecule has 0 aliphatic carbocycles. The molecule has 1 N–H and O–H groups in total. The van der Waals surface area contributed by atoms with E-state index in [1.54, 1.807) is 21.3 Å². The summed E-state index contributed by atoms with van der Waals surface area (Å²) in [5.41, 5.74) is 2.26. The molecule has 2 rings (SSSR count). The van der Waals surface area contributed by atoms with Gasteiger partial charge in [0.2, 0.25) is 0 Å². The minimum absolute atomic E-state index is 0.667. The minimum atomic E-state index is 0.667. The maximum absolute atomic E-state index is 5.42. The van der Waals surface area contributed by atoms with Gasteiger partial charge in [0.25, 0.3) is 0 Å². The molecule has 0 aliphatic rings. The van der Waals surface area contributed by atoms with Gasteiger partial charge < -0.3 is 24.1 Å². The van der Waals surface area contributed by atoms with Crippen LogP contribution in [0, 0.1) is 0 Å². The van der Waals surface area contributed by atoms with Crippen LogP contribution >= 0.6 is 0 Å². The molecule has 0 spiro atoms. The van der Waals surface area contributed by atoms with Gasteiger partial charge in [0.15, 0.2) is 11.5 Å². The number of hydrogen-bond donors (Lipinski definition) is 1. The third-order valence-electron chi connectivity index (χ3n) is 3.46. The first-order valence-corrected chi connectivity index (χ1v) is 6.79. The van der Waals surface area contributed by atoms with Crippen LogP contribution in [0.4, 0.5) is 0 Å². The maximum atomic E-state index is 5.42. The van der Waals surface area contributed by atoms with Gasteiger partial charge in [-0.25, -0.2) is 0 Å². The third kappa shape index (κ3) is 3.49. The Balaban J connectivity index is 2.09. The second kappa shape index (κ2) is 7.04. The second-order valence-corrected chi connectivity index (χ2v) is 4.73. The molecule has 0 atom stereocenters. The first-order chi connectivity index (χ1) is 10.2. The molecule has 1 aromatic carbocycles. The Kier molecular flexibility index (Phi) is 5.11. The summed E-state index contributed by atoms with van der Waals surface area (Å²) in [6.07, 6.45) is 2.04. The highest BCUT2D eigenvalue weighted by Gasteiger charge is 2.11. The number of ether oxygens (including phenoxy) is 3. The van der Waals surface area contributed by atoms with Crippen LogP contribution in [0.15, 0.2) is 30.5 Å². The Bertz CT molecular complexity index is 593. The summed E-state index contributed by atoms with van der Waals surface area (Å²) in [7, 11) is 6.94. The number of methoxy groups -OCH3 is 3. The van der Waals surface area contributed by atoms with E-state index < -0.39 is 0 Å². The molecule has 1 aromatic heterocycles. The van der Waals surface area contributed by atoms with Crippen LogP contribution in [0.1, 0.15) is 11.3 Å². The summed E-state index contributed by atoms with van der Waals surface area (Å²) in [5, 5.41) is 3.41. The molecule has 0 radical (unpaired) electrons. The first kappa shape index (κ1) is 15.3.